The standard InChI is InChI=1S/C8H16OS/c1-5-7(9)10-6-8(2,3)4/h5-6H2,1-4H3. The summed E-state index contributed by atoms with van der Waals surface area (Å²) in [5.41, 5.74) is 0.273. The fourth-order valence-electron chi connectivity index (χ4n) is 0.399. The minimum atomic E-state index is 0.273. The summed E-state index contributed by atoms with van der Waals surface area (Å²) in [6, 6.07) is 0. The summed E-state index contributed by atoms with van der Waals surface area (Å²) < 4.78 is 0. The van der Waals surface area contributed by atoms with Gasteiger partial charge in [0.2, 0.25) is 0 Å². The van der Waals surface area contributed by atoms with E-state index in [0.29, 0.717) is 11.5 Å². The first-order valence-corrected chi connectivity index (χ1v) is 4.60. The highest BCUT2D eigenvalue weighted by molar-refractivity contribution is 8.13. The number of thioether (sulfide) groups is 1. The molecule has 0 spiro atoms. The van der Waals surface area contributed by atoms with Crippen LogP contribution in [0.4, 0.5) is 0 Å². The van der Waals surface area contributed by atoms with Gasteiger partial charge in [0.1, 0.15) is 0 Å². The molecule has 0 atom stereocenters. The molecule has 0 aromatic carbocycles. The third-order valence-corrected chi connectivity index (χ3v) is 2.58. The van der Waals surface area contributed by atoms with E-state index in [2.05, 4.69) is 20.8 Å². The third kappa shape index (κ3) is 6.14. The molecule has 0 aliphatic rings. The summed E-state index contributed by atoms with van der Waals surface area (Å²) >= 11 is 1.44. The Labute approximate surface area is 67.6 Å². The Hall–Kier alpha value is 0.0200. The second kappa shape index (κ2) is 4.02. The molecule has 1 nitrogen and oxygen atoms in total. The molecular formula is C8H16OS. The predicted octanol–water partition coefficient (Wildman–Crippen LogP) is 2.70. The van der Waals surface area contributed by atoms with Crippen molar-refractivity contribution in [1.29, 1.82) is 0 Å². The Bertz CT molecular complexity index is 113. The van der Waals surface area contributed by atoms with Gasteiger partial charge in [0.15, 0.2) is 5.12 Å². The highest BCUT2D eigenvalue weighted by Gasteiger charge is 2.11. The molecule has 0 saturated carbocycles. The van der Waals surface area contributed by atoms with Crippen molar-refractivity contribution < 1.29 is 4.79 Å². The van der Waals surface area contributed by atoms with Crippen LogP contribution in [0.3, 0.4) is 0 Å². The average Bonchev–Trinajstić information content (AvgIpc) is 1.81. The van der Waals surface area contributed by atoms with Gasteiger partial charge in [-0.1, -0.05) is 39.5 Å². The van der Waals surface area contributed by atoms with E-state index in [4.69, 9.17) is 0 Å². The van der Waals surface area contributed by atoms with Gasteiger partial charge < -0.3 is 0 Å². The van der Waals surface area contributed by atoms with Crippen molar-refractivity contribution in [3.63, 3.8) is 0 Å². The number of carbonyl (C=O) groups excluding carboxylic acids is 1. The lowest BCUT2D eigenvalue weighted by Gasteiger charge is -2.15. The molecule has 0 saturated heterocycles. The summed E-state index contributed by atoms with van der Waals surface area (Å²) in [6.45, 7) is 8.33. The Balaban J connectivity index is 3.46. The molecule has 0 aromatic rings. The van der Waals surface area contributed by atoms with Crippen LogP contribution in [0, 0.1) is 5.41 Å². The third-order valence-electron chi connectivity index (χ3n) is 0.955. The van der Waals surface area contributed by atoms with Gasteiger partial charge in [-0.15, -0.1) is 0 Å². The molecule has 0 N–H and O–H groups in total. The zero-order valence-electron chi connectivity index (χ0n) is 7.23. The number of rotatable bonds is 2. The number of hydrogen-bond acceptors (Lipinski definition) is 2. The van der Waals surface area contributed by atoms with Gasteiger partial charge >= 0.3 is 0 Å². The predicted molar refractivity (Wildman–Crippen MR) is 47.2 cm³/mol. The number of carbonyl (C=O) groups is 1. The highest BCUT2D eigenvalue weighted by Crippen LogP contribution is 2.21. The van der Waals surface area contributed by atoms with Crippen LogP contribution >= 0.6 is 11.8 Å². The topological polar surface area (TPSA) is 17.1 Å². The van der Waals surface area contributed by atoms with E-state index in [1.54, 1.807) is 0 Å². The lowest BCUT2D eigenvalue weighted by molar-refractivity contribution is -0.110. The number of hydrogen-bond donors (Lipinski definition) is 0. The van der Waals surface area contributed by atoms with Crippen molar-refractivity contribution in [3.05, 3.63) is 0 Å². The fourth-order valence-corrected chi connectivity index (χ4v) is 1.20. The molecule has 0 heterocycles. The minimum Gasteiger partial charge on any atom is -0.287 e. The normalized spacial score (nSPS) is 11.6. The van der Waals surface area contributed by atoms with Crippen molar-refractivity contribution in [2.75, 3.05) is 5.75 Å². The van der Waals surface area contributed by atoms with Crippen LogP contribution < -0.4 is 0 Å². The first-order valence-electron chi connectivity index (χ1n) is 3.61. The Morgan fingerprint density at radius 1 is 1.40 bits per heavy atom. The first kappa shape index (κ1) is 10.0. The summed E-state index contributed by atoms with van der Waals surface area (Å²) in [5, 5.41) is 0.301. The molecule has 0 unspecified atom stereocenters. The van der Waals surface area contributed by atoms with Crippen LogP contribution in [-0.2, 0) is 4.79 Å². The second-order valence-electron chi connectivity index (χ2n) is 3.57. The van der Waals surface area contributed by atoms with E-state index < -0.39 is 0 Å². The highest BCUT2D eigenvalue weighted by atomic mass is 32.2. The van der Waals surface area contributed by atoms with E-state index in [0.717, 1.165) is 5.75 Å². The zero-order chi connectivity index (χ0) is 8.20. The van der Waals surface area contributed by atoms with Crippen LogP contribution in [0.2, 0.25) is 0 Å². The molecule has 2 heteroatoms. The molecule has 0 rings (SSSR count). The Morgan fingerprint density at radius 3 is 2.20 bits per heavy atom. The molecule has 0 fully saturated rings. The monoisotopic (exact) mass is 160 g/mol. The van der Waals surface area contributed by atoms with E-state index in [9.17, 15) is 4.79 Å². The van der Waals surface area contributed by atoms with Crippen molar-refractivity contribution in [2.45, 2.75) is 34.1 Å². The molecule has 60 valence electrons. The summed E-state index contributed by atoms with van der Waals surface area (Å²) in [7, 11) is 0. The quantitative estimate of drug-likeness (QED) is 0.618. The van der Waals surface area contributed by atoms with Gasteiger partial charge in [-0.25, -0.2) is 0 Å². The van der Waals surface area contributed by atoms with E-state index in [1.165, 1.54) is 11.8 Å². The van der Waals surface area contributed by atoms with Crippen LogP contribution in [0.15, 0.2) is 0 Å². The smallest absolute Gasteiger partial charge is 0.188 e. The molecular weight excluding hydrogens is 144 g/mol. The summed E-state index contributed by atoms with van der Waals surface area (Å²) in [4.78, 5) is 10.8. The maximum absolute atomic E-state index is 10.8. The van der Waals surface area contributed by atoms with Gasteiger partial charge in [0.25, 0.3) is 0 Å². The van der Waals surface area contributed by atoms with Crippen LogP contribution in [0.1, 0.15) is 34.1 Å². The van der Waals surface area contributed by atoms with E-state index in [1.807, 2.05) is 6.92 Å². The second-order valence-corrected chi connectivity index (χ2v) is 4.61. The maximum atomic E-state index is 10.8. The maximum Gasteiger partial charge on any atom is 0.188 e. The first-order chi connectivity index (χ1) is 4.45. The van der Waals surface area contributed by atoms with Crippen LogP contribution in [-0.4, -0.2) is 10.9 Å². The molecule has 0 aliphatic heterocycles. The summed E-state index contributed by atoms with van der Waals surface area (Å²) in [6.07, 6.45) is 0.654. The van der Waals surface area contributed by atoms with E-state index in [-0.39, 0.29) is 5.41 Å². The zero-order valence-corrected chi connectivity index (χ0v) is 8.05. The van der Waals surface area contributed by atoms with Crippen molar-refractivity contribution in [2.24, 2.45) is 5.41 Å². The summed E-state index contributed by atoms with van der Waals surface area (Å²) in [5.74, 6) is 0.930. The average molecular weight is 160 g/mol. The molecule has 0 amide bonds. The van der Waals surface area contributed by atoms with Crippen LogP contribution in [0.25, 0.3) is 0 Å². The fraction of sp³-hybridized carbons (Fsp3) is 0.875. The minimum absolute atomic E-state index is 0.273. The van der Waals surface area contributed by atoms with Gasteiger partial charge in [0, 0.05) is 12.2 Å². The Kier molecular flexibility index (Phi) is 4.02. The van der Waals surface area contributed by atoms with Gasteiger partial charge in [-0.05, 0) is 5.41 Å². The van der Waals surface area contributed by atoms with Gasteiger partial charge in [0.05, 0.1) is 0 Å². The van der Waals surface area contributed by atoms with Crippen molar-refractivity contribution in [1.82, 2.24) is 0 Å². The largest absolute Gasteiger partial charge is 0.287 e. The van der Waals surface area contributed by atoms with Gasteiger partial charge in [-0.2, -0.15) is 0 Å². The molecule has 0 radical (unpaired) electrons. The van der Waals surface area contributed by atoms with Crippen molar-refractivity contribution in [3.8, 4) is 0 Å². The van der Waals surface area contributed by atoms with E-state index >= 15 is 0 Å². The van der Waals surface area contributed by atoms with Crippen molar-refractivity contribution >= 4 is 16.9 Å². The van der Waals surface area contributed by atoms with Crippen LogP contribution in [0.5, 0.6) is 0 Å². The molecule has 0 aromatic heterocycles. The van der Waals surface area contributed by atoms with Gasteiger partial charge in [-0.3, -0.25) is 4.79 Å². The Morgan fingerprint density at radius 2 is 1.90 bits per heavy atom. The lowest BCUT2D eigenvalue weighted by atomic mass is 10.0. The SMILES string of the molecule is CCC(=O)SCC(C)(C)C. The molecule has 10 heavy (non-hydrogen) atoms. The molecule has 0 aliphatic carbocycles. The lowest BCUT2D eigenvalue weighted by Crippen LogP contribution is -2.09. The molecule has 0 bridgehead atoms.